The summed E-state index contributed by atoms with van der Waals surface area (Å²) in [6.07, 6.45) is 0.556. The van der Waals surface area contributed by atoms with E-state index in [2.05, 4.69) is 16.6 Å². The minimum absolute atomic E-state index is 0.0532. The highest BCUT2D eigenvalue weighted by atomic mass is 32.2. The molecule has 1 aliphatic heterocycles. The topological polar surface area (TPSA) is 75.7 Å². The number of carbonyl (C=O) groups is 1. The molecule has 1 fully saturated rings. The van der Waals surface area contributed by atoms with Crippen molar-refractivity contribution in [2.24, 2.45) is 0 Å². The third kappa shape index (κ3) is 4.97. The van der Waals surface area contributed by atoms with Crippen molar-refractivity contribution in [1.29, 1.82) is 0 Å². The summed E-state index contributed by atoms with van der Waals surface area (Å²) in [6, 6.07) is 19.3. The average Bonchev–Trinajstić information content (AvgIpc) is 3.12. The highest BCUT2D eigenvalue weighted by Crippen LogP contribution is 2.33. The van der Waals surface area contributed by atoms with Crippen LogP contribution in [0.4, 0.5) is 10.1 Å². The zero-order valence-electron chi connectivity index (χ0n) is 16.9. The van der Waals surface area contributed by atoms with Crippen LogP contribution in [-0.2, 0) is 21.6 Å². The minimum atomic E-state index is -3.91. The smallest absolute Gasteiger partial charge is 0.302 e. The predicted octanol–water partition coefficient (Wildman–Crippen LogP) is 3.03. The molecule has 0 aromatic heterocycles. The van der Waals surface area contributed by atoms with E-state index in [1.807, 2.05) is 30.3 Å². The molecule has 0 amide bonds. The molecule has 1 unspecified atom stereocenters. The normalized spacial score (nSPS) is 16.8. The van der Waals surface area contributed by atoms with Crippen molar-refractivity contribution in [1.82, 2.24) is 4.72 Å². The van der Waals surface area contributed by atoms with Gasteiger partial charge in [-0.15, -0.1) is 0 Å². The lowest BCUT2D eigenvalue weighted by molar-refractivity contribution is -0.108. The summed E-state index contributed by atoms with van der Waals surface area (Å²) in [6.45, 7) is 0.190. The van der Waals surface area contributed by atoms with Gasteiger partial charge in [-0.1, -0.05) is 42.2 Å². The number of ether oxygens (including phenoxy) is 1. The third-order valence-electron chi connectivity index (χ3n) is 4.78. The number of rotatable bonds is 5. The molecule has 3 aromatic rings. The second kappa shape index (κ2) is 9.22. The Morgan fingerprint density at radius 3 is 2.41 bits per heavy atom. The Balaban J connectivity index is 1.68. The molecule has 3 aromatic carbocycles. The van der Waals surface area contributed by atoms with Gasteiger partial charge in [-0.3, -0.25) is 4.31 Å². The molecule has 6 nitrogen and oxygen atoms in total. The Morgan fingerprint density at radius 2 is 1.72 bits per heavy atom. The Labute approximate surface area is 185 Å². The maximum Gasteiger partial charge on any atom is 0.302 e. The Morgan fingerprint density at radius 1 is 1.03 bits per heavy atom. The molecular weight excluding hydrogens is 431 g/mol. The van der Waals surface area contributed by atoms with Crippen molar-refractivity contribution >= 4 is 22.2 Å². The van der Waals surface area contributed by atoms with Crippen molar-refractivity contribution in [3.63, 3.8) is 0 Å². The average molecular weight is 450 g/mol. The van der Waals surface area contributed by atoms with E-state index in [1.54, 1.807) is 30.3 Å². The van der Waals surface area contributed by atoms with Gasteiger partial charge < -0.3 is 9.53 Å². The molecule has 162 valence electrons. The summed E-state index contributed by atoms with van der Waals surface area (Å²) in [4.78, 5) is 11.2. The van der Waals surface area contributed by atoms with Crippen molar-refractivity contribution < 1.29 is 22.3 Å². The van der Waals surface area contributed by atoms with Crippen LogP contribution < -0.4 is 13.8 Å². The fraction of sp³-hybridized carbons (Fsp3) is 0.125. The number of carbonyl (C=O) groups excluding carboxylic acids is 1. The van der Waals surface area contributed by atoms with Crippen LogP contribution in [0, 0.1) is 17.7 Å². The van der Waals surface area contributed by atoms with E-state index < -0.39 is 16.3 Å². The molecule has 1 saturated heterocycles. The van der Waals surface area contributed by atoms with Gasteiger partial charge in [-0.25, -0.2) is 4.39 Å². The molecule has 0 radical (unpaired) electrons. The second-order valence-electron chi connectivity index (χ2n) is 7.11. The zero-order valence-corrected chi connectivity index (χ0v) is 17.7. The van der Waals surface area contributed by atoms with Crippen LogP contribution >= 0.6 is 0 Å². The van der Waals surface area contributed by atoms with Gasteiger partial charge in [0.05, 0.1) is 18.3 Å². The van der Waals surface area contributed by atoms with Gasteiger partial charge in [0.2, 0.25) is 0 Å². The number of benzene rings is 3. The standard InChI is InChI=1S/C24H19FN2O4S/c25-21-11-8-18(9-12-21)6-7-19-10-13-24(31-17-20-4-2-1-3-5-20)23(14-19)27-15-22(16-28)26-32(27,29)30/h1-5,8-14,16,22,26H,15,17H2. The number of nitrogens with zero attached hydrogens (tertiary/aromatic N) is 1. The first-order valence-electron chi connectivity index (χ1n) is 9.78. The molecular formula is C24H19FN2O4S. The van der Waals surface area contributed by atoms with Crippen molar-refractivity contribution in [3.05, 3.63) is 95.3 Å². The molecule has 1 heterocycles. The molecule has 4 rings (SSSR count). The number of nitrogens with one attached hydrogen (secondary N) is 1. The van der Waals surface area contributed by atoms with E-state index in [0.717, 1.165) is 9.87 Å². The molecule has 1 N–H and O–H groups in total. The molecule has 0 spiro atoms. The van der Waals surface area contributed by atoms with E-state index in [4.69, 9.17) is 4.74 Å². The monoisotopic (exact) mass is 450 g/mol. The third-order valence-corrected chi connectivity index (χ3v) is 6.30. The van der Waals surface area contributed by atoms with Gasteiger partial charge in [0.15, 0.2) is 0 Å². The van der Waals surface area contributed by atoms with E-state index in [9.17, 15) is 17.6 Å². The van der Waals surface area contributed by atoms with Crippen LogP contribution in [0.15, 0.2) is 72.8 Å². The van der Waals surface area contributed by atoms with Gasteiger partial charge in [0.25, 0.3) is 0 Å². The summed E-state index contributed by atoms with van der Waals surface area (Å²) in [5.41, 5.74) is 2.37. The van der Waals surface area contributed by atoms with Crippen LogP contribution in [0.25, 0.3) is 0 Å². The Hall–Kier alpha value is -3.67. The van der Waals surface area contributed by atoms with Gasteiger partial charge in [-0.05, 0) is 48.0 Å². The fourth-order valence-electron chi connectivity index (χ4n) is 3.19. The largest absolute Gasteiger partial charge is 0.487 e. The van der Waals surface area contributed by atoms with E-state index in [1.165, 1.54) is 12.1 Å². The van der Waals surface area contributed by atoms with Crippen molar-refractivity contribution in [3.8, 4) is 17.6 Å². The van der Waals surface area contributed by atoms with Crippen LogP contribution in [0.1, 0.15) is 16.7 Å². The highest BCUT2D eigenvalue weighted by molar-refractivity contribution is 7.91. The van der Waals surface area contributed by atoms with E-state index in [-0.39, 0.29) is 24.7 Å². The van der Waals surface area contributed by atoms with Gasteiger partial charge >= 0.3 is 10.2 Å². The lowest BCUT2D eigenvalue weighted by Crippen LogP contribution is -2.30. The summed E-state index contributed by atoms with van der Waals surface area (Å²) >= 11 is 0. The van der Waals surface area contributed by atoms with Crippen LogP contribution in [-0.4, -0.2) is 27.3 Å². The summed E-state index contributed by atoms with van der Waals surface area (Å²) in [5, 5.41) is 0. The molecule has 1 aliphatic rings. The van der Waals surface area contributed by atoms with Crippen molar-refractivity contribution in [2.45, 2.75) is 12.6 Å². The highest BCUT2D eigenvalue weighted by Gasteiger charge is 2.37. The quantitative estimate of drug-likeness (QED) is 0.479. The van der Waals surface area contributed by atoms with Gasteiger partial charge in [0, 0.05) is 11.1 Å². The first-order chi connectivity index (χ1) is 15.4. The lowest BCUT2D eigenvalue weighted by Gasteiger charge is -2.20. The minimum Gasteiger partial charge on any atom is -0.487 e. The van der Waals surface area contributed by atoms with Crippen molar-refractivity contribution in [2.75, 3.05) is 10.8 Å². The first kappa shape index (κ1) is 21.6. The predicted molar refractivity (Wildman–Crippen MR) is 119 cm³/mol. The lowest BCUT2D eigenvalue weighted by atomic mass is 10.1. The summed E-state index contributed by atoms with van der Waals surface area (Å²) in [5.74, 6) is 5.88. The zero-order chi connectivity index (χ0) is 22.6. The Bertz CT molecular complexity index is 1280. The molecule has 8 heteroatoms. The number of aldehydes is 1. The number of anilines is 1. The molecule has 0 bridgehead atoms. The molecule has 32 heavy (non-hydrogen) atoms. The second-order valence-corrected chi connectivity index (χ2v) is 8.74. The molecule has 0 aliphatic carbocycles. The van der Waals surface area contributed by atoms with Gasteiger partial charge in [-0.2, -0.15) is 13.1 Å². The maximum absolute atomic E-state index is 13.1. The van der Waals surface area contributed by atoms with E-state index in [0.29, 0.717) is 23.2 Å². The summed E-state index contributed by atoms with van der Waals surface area (Å²) < 4.78 is 47.7. The summed E-state index contributed by atoms with van der Waals surface area (Å²) in [7, 11) is -3.91. The van der Waals surface area contributed by atoms with Gasteiger partial charge in [0.1, 0.15) is 24.5 Å². The fourth-order valence-corrected chi connectivity index (χ4v) is 4.59. The van der Waals surface area contributed by atoms with Crippen LogP contribution in [0.2, 0.25) is 0 Å². The number of hydrogen-bond donors (Lipinski definition) is 1. The van der Waals surface area contributed by atoms with Crippen LogP contribution in [0.3, 0.4) is 0 Å². The maximum atomic E-state index is 13.1. The van der Waals surface area contributed by atoms with E-state index >= 15 is 0 Å². The molecule has 0 saturated carbocycles. The first-order valence-corrected chi connectivity index (χ1v) is 11.2. The Kier molecular flexibility index (Phi) is 6.21. The van der Waals surface area contributed by atoms with Crippen LogP contribution in [0.5, 0.6) is 5.75 Å². The number of halogens is 1. The SMILES string of the molecule is O=CC1CN(c2cc(C#Cc3ccc(F)cc3)ccc2OCc2ccccc2)S(=O)(=O)N1. The molecule has 1 atom stereocenters. The number of hydrogen-bond acceptors (Lipinski definition) is 4.